The molecule has 0 heterocycles. The van der Waals surface area contributed by atoms with Gasteiger partial charge in [0.2, 0.25) is 0 Å². The van der Waals surface area contributed by atoms with Gasteiger partial charge < -0.3 is 23.9 Å². The molecular formula is C9H18O2Y-2. The average Bonchev–Trinajstić information content (AvgIpc) is 1.85. The number of carbonyl (C=O) groups excluding carboxylic acids is 2. The van der Waals surface area contributed by atoms with E-state index >= 15 is 0 Å². The second-order valence-corrected chi connectivity index (χ2v) is 1.83. The van der Waals surface area contributed by atoms with Crippen LogP contribution in [-0.2, 0) is 42.3 Å². The van der Waals surface area contributed by atoms with Gasteiger partial charge in [0.05, 0.1) is 0 Å². The third kappa shape index (κ3) is 16.8. The summed E-state index contributed by atoms with van der Waals surface area (Å²) in [7, 11) is 0. The van der Waals surface area contributed by atoms with Gasteiger partial charge in [-0.15, -0.1) is 6.42 Å². The topological polar surface area (TPSA) is 34.1 Å². The quantitative estimate of drug-likeness (QED) is 0.715. The molecule has 1 unspecified atom stereocenters. The maximum absolute atomic E-state index is 10.6. The van der Waals surface area contributed by atoms with E-state index < -0.39 is 6.40 Å². The van der Waals surface area contributed by atoms with Gasteiger partial charge in [0.1, 0.15) is 11.6 Å². The number of Topliss-reactive ketones (excluding diaryl/α,β-unsaturated/α-hetero) is 2. The van der Waals surface area contributed by atoms with Crippen LogP contribution in [-0.4, -0.2) is 11.6 Å². The minimum absolute atomic E-state index is 0. The Bertz CT molecular complexity index is 149. The molecule has 0 aromatic heterocycles. The van der Waals surface area contributed by atoms with Crippen molar-refractivity contribution in [1.82, 2.24) is 0 Å². The Hall–Kier alpha value is 0.444. The average molecular weight is 248 g/mol. The number of hydrogen-bond donors (Lipinski definition) is 0. The molecule has 0 aliphatic rings. The van der Waals surface area contributed by atoms with Crippen LogP contribution in [0, 0.1) is 14.4 Å². The maximum atomic E-state index is 10.6. The van der Waals surface area contributed by atoms with E-state index in [0.29, 0.717) is 0 Å². The molecule has 0 aliphatic carbocycles. The van der Waals surface area contributed by atoms with Crippen LogP contribution in [0.3, 0.4) is 0 Å². The van der Waals surface area contributed by atoms with Crippen molar-refractivity contribution in [1.29, 1.82) is 0 Å². The molecule has 0 bridgehead atoms. The SMILES string of the molecule is C.[2H]C(CC(C)=O)C(=O)C[CH2-].[CH3-].[Y]. The molecule has 0 saturated heterocycles. The first-order chi connectivity index (χ1) is 4.57. The summed E-state index contributed by atoms with van der Waals surface area (Å²) >= 11 is 0. The van der Waals surface area contributed by atoms with Gasteiger partial charge in [-0.1, -0.05) is 7.43 Å². The second-order valence-electron chi connectivity index (χ2n) is 1.83. The summed E-state index contributed by atoms with van der Waals surface area (Å²) in [6.07, 6.45) is -0.773. The minimum Gasteiger partial charge on any atom is -0.358 e. The molecule has 0 fully saturated rings. The Kier molecular flexibility index (Phi) is 21.3. The maximum Gasteiger partial charge on any atom is 0.130 e. The van der Waals surface area contributed by atoms with E-state index in [4.69, 9.17) is 1.37 Å². The van der Waals surface area contributed by atoms with Crippen LogP contribution < -0.4 is 0 Å². The molecule has 0 aromatic rings. The summed E-state index contributed by atoms with van der Waals surface area (Å²) in [6, 6.07) is 0. The fraction of sp³-hybridized carbons (Fsp3) is 0.556. The van der Waals surface area contributed by atoms with E-state index in [2.05, 4.69) is 6.92 Å². The van der Waals surface area contributed by atoms with E-state index in [1.54, 1.807) is 0 Å². The second kappa shape index (κ2) is 14.0. The number of ketones is 2. The van der Waals surface area contributed by atoms with E-state index in [1.807, 2.05) is 0 Å². The molecule has 1 radical (unpaired) electrons. The van der Waals surface area contributed by atoms with Gasteiger partial charge in [0.25, 0.3) is 0 Å². The smallest absolute Gasteiger partial charge is 0.130 e. The predicted molar refractivity (Wildman–Crippen MR) is 48.0 cm³/mol. The fourth-order valence-corrected chi connectivity index (χ4v) is 0.360. The van der Waals surface area contributed by atoms with Crippen molar-refractivity contribution < 1.29 is 43.7 Å². The number of carbonyl (C=O) groups is 2. The van der Waals surface area contributed by atoms with Crippen molar-refractivity contribution in [2.24, 2.45) is 0 Å². The van der Waals surface area contributed by atoms with Crippen LogP contribution in [0.5, 0.6) is 0 Å². The van der Waals surface area contributed by atoms with Gasteiger partial charge in [0, 0.05) is 46.9 Å². The first-order valence-electron chi connectivity index (χ1n) is 3.39. The van der Waals surface area contributed by atoms with Crippen LogP contribution >= 0.6 is 0 Å². The Labute approximate surface area is 103 Å². The van der Waals surface area contributed by atoms with Gasteiger partial charge in [-0.2, -0.15) is 0 Å². The van der Waals surface area contributed by atoms with Gasteiger partial charge in [0.15, 0.2) is 0 Å². The zero-order chi connectivity index (χ0) is 8.15. The fourth-order valence-electron chi connectivity index (χ4n) is 0.360. The molecule has 0 rings (SSSR count). The third-order valence-corrected chi connectivity index (χ3v) is 0.864. The van der Waals surface area contributed by atoms with Gasteiger partial charge in [-0.25, -0.2) is 0 Å². The molecule has 0 aliphatic heterocycles. The van der Waals surface area contributed by atoms with Gasteiger partial charge in [-0.05, 0) is 6.92 Å². The van der Waals surface area contributed by atoms with Crippen molar-refractivity contribution in [2.75, 3.05) is 0 Å². The normalized spacial score (nSPS) is 10.7. The molecule has 2 nitrogen and oxygen atoms in total. The zero-order valence-electron chi connectivity index (χ0n) is 8.09. The monoisotopic (exact) mass is 248 g/mol. The molecule has 3 heteroatoms. The van der Waals surface area contributed by atoms with E-state index in [9.17, 15) is 9.59 Å². The van der Waals surface area contributed by atoms with Crippen molar-refractivity contribution >= 4 is 11.6 Å². The molecule has 12 heavy (non-hydrogen) atoms. The summed E-state index contributed by atoms with van der Waals surface area (Å²) < 4.78 is 7.10. The summed E-state index contributed by atoms with van der Waals surface area (Å²) in [5, 5.41) is 0. The molecule has 0 amide bonds. The van der Waals surface area contributed by atoms with Crippen molar-refractivity contribution in [3.8, 4) is 0 Å². The van der Waals surface area contributed by atoms with E-state index in [0.717, 1.165) is 0 Å². The van der Waals surface area contributed by atoms with Gasteiger partial charge in [-0.3, -0.25) is 0 Å². The standard InChI is InChI=1S/C7H11O2.CH4.CH3.Y/c1-3-7(9)5-4-6(2)8;;;/h1,3-5H2,2H3;1H4;1H3;/q-1;;-1;/i5D;;;. The molecular weight excluding hydrogens is 229 g/mol. The first kappa shape index (κ1) is 18.3. The Morgan fingerprint density at radius 1 is 1.50 bits per heavy atom. The minimum atomic E-state index is -0.894. The Balaban J connectivity index is -0.000000135. The molecule has 71 valence electrons. The first-order valence-corrected chi connectivity index (χ1v) is 2.81. The van der Waals surface area contributed by atoms with Crippen LogP contribution in [0.2, 0.25) is 0 Å². The molecule has 0 spiro atoms. The molecule has 0 N–H and O–H groups in total. The largest absolute Gasteiger partial charge is 0.358 e. The van der Waals surface area contributed by atoms with Crippen molar-refractivity contribution in [3.05, 3.63) is 14.4 Å². The van der Waals surface area contributed by atoms with Crippen molar-refractivity contribution in [2.45, 2.75) is 33.6 Å². The predicted octanol–water partition coefficient (Wildman–Crippen LogP) is 2.23. The van der Waals surface area contributed by atoms with Crippen molar-refractivity contribution in [3.63, 3.8) is 0 Å². The molecule has 0 aromatic carbocycles. The van der Waals surface area contributed by atoms with Crippen LogP contribution in [0.15, 0.2) is 0 Å². The van der Waals surface area contributed by atoms with Crippen LogP contribution in [0.1, 0.15) is 35.0 Å². The van der Waals surface area contributed by atoms with E-state index in [1.165, 1.54) is 6.92 Å². The third-order valence-electron chi connectivity index (χ3n) is 0.864. The molecule has 0 saturated carbocycles. The van der Waals surface area contributed by atoms with E-state index in [-0.39, 0.29) is 72.0 Å². The summed E-state index contributed by atoms with van der Waals surface area (Å²) in [6.45, 7) is 4.71. The number of hydrogen-bond acceptors (Lipinski definition) is 2. The molecule has 1 atom stereocenters. The number of rotatable bonds is 4. The zero-order valence-corrected chi connectivity index (χ0v) is 9.93. The van der Waals surface area contributed by atoms with Gasteiger partial charge >= 0.3 is 0 Å². The summed E-state index contributed by atoms with van der Waals surface area (Å²) in [4.78, 5) is 21.0. The van der Waals surface area contributed by atoms with Crippen LogP contribution in [0.25, 0.3) is 0 Å². The van der Waals surface area contributed by atoms with Crippen LogP contribution in [0.4, 0.5) is 0 Å². The summed E-state index contributed by atoms with van der Waals surface area (Å²) in [5.41, 5.74) is 0. The Morgan fingerprint density at radius 3 is 2.17 bits per heavy atom. The Morgan fingerprint density at radius 2 is 1.92 bits per heavy atom. The summed E-state index contributed by atoms with van der Waals surface area (Å²) in [5.74, 6) is -0.392.